The van der Waals surface area contributed by atoms with E-state index < -0.39 is 0 Å². The van der Waals surface area contributed by atoms with Gasteiger partial charge < -0.3 is 9.64 Å². The van der Waals surface area contributed by atoms with Gasteiger partial charge in [0.1, 0.15) is 0 Å². The van der Waals surface area contributed by atoms with Crippen LogP contribution in [0.25, 0.3) is 6.08 Å². The van der Waals surface area contributed by atoms with Gasteiger partial charge in [-0.3, -0.25) is 5.32 Å². The Morgan fingerprint density at radius 3 is 2.88 bits per heavy atom. The highest BCUT2D eigenvalue weighted by Crippen LogP contribution is 2.26. The lowest BCUT2D eigenvalue weighted by atomic mass is 9.91. The lowest BCUT2D eigenvalue weighted by Crippen LogP contribution is -2.42. The van der Waals surface area contributed by atoms with Crippen LogP contribution in [-0.2, 0) is 0 Å². The van der Waals surface area contributed by atoms with Gasteiger partial charge in [0.15, 0.2) is 5.82 Å². The number of carbonyl (C=O) groups excluding carboxylic acids is 1. The molecular weight excluding hydrogens is 352 g/mol. The lowest BCUT2D eigenvalue weighted by molar-refractivity contribution is 0.197. The molecule has 6 nitrogen and oxygen atoms in total. The number of carbonyl (C=O) groups is 1. The molecule has 1 aliphatic heterocycles. The number of amides is 2. The minimum atomic E-state index is -0.168. The number of methoxy groups -OCH3 is 1. The van der Waals surface area contributed by atoms with E-state index in [-0.39, 0.29) is 11.9 Å². The summed E-state index contributed by atoms with van der Waals surface area (Å²) in [5.41, 5.74) is 2.41. The van der Waals surface area contributed by atoms with Crippen molar-refractivity contribution in [2.75, 3.05) is 25.5 Å². The van der Waals surface area contributed by atoms with E-state index in [0.717, 1.165) is 17.0 Å². The standard InChI is InChI=1S/C19H21ClN4O2/c1-13-12-24(19(25)23-17-10-22-18(26-2)11-21-17)7-6-15(13)8-14-4-3-5-16(20)9-14/h3-5,8-11,13H,6-7,12H2,1-2H3,(H,21,23,25)/b15-8+. The summed E-state index contributed by atoms with van der Waals surface area (Å²) in [6.07, 6.45) is 5.95. The van der Waals surface area contributed by atoms with Crippen LogP contribution in [0.1, 0.15) is 18.9 Å². The maximum atomic E-state index is 12.5. The summed E-state index contributed by atoms with van der Waals surface area (Å²) < 4.78 is 4.96. The van der Waals surface area contributed by atoms with Crippen molar-refractivity contribution >= 4 is 29.5 Å². The van der Waals surface area contributed by atoms with Gasteiger partial charge >= 0.3 is 6.03 Å². The average molecular weight is 373 g/mol. The molecule has 26 heavy (non-hydrogen) atoms. The number of urea groups is 1. The van der Waals surface area contributed by atoms with E-state index >= 15 is 0 Å². The average Bonchev–Trinajstić information content (AvgIpc) is 2.64. The van der Waals surface area contributed by atoms with Crippen molar-refractivity contribution in [2.45, 2.75) is 13.3 Å². The number of hydrogen-bond acceptors (Lipinski definition) is 4. The predicted molar refractivity (Wildman–Crippen MR) is 102 cm³/mol. The Hall–Kier alpha value is -2.60. The molecular formula is C19H21ClN4O2. The monoisotopic (exact) mass is 372 g/mol. The van der Waals surface area contributed by atoms with Gasteiger partial charge in [-0.1, -0.05) is 42.3 Å². The highest BCUT2D eigenvalue weighted by molar-refractivity contribution is 6.30. The number of anilines is 1. The quantitative estimate of drug-likeness (QED) is 0.880. The Bertz CT molecular complexity index is 807. The molecule has 1 atom stereocenters. The van der Waals surface area contributed by atoms with E-state index in [1.165, 1.54) is 25.1 Å². The van der Waals surface area contributed by atoms with E-state index in [9.17, 15) is 4.79 Å². The van der Waals surface area contributed by atoms with Crippen molar-refractivity contribution in [3.63, 3.8) is 0 Å². The van der Waals surface area contributed by atoms with Crippen molar-refractivity contribution < 1.29 is 9.53 Å². The molecule has 0 saturated carbocycles. The molecule has 1 fully saturated rings. The number of halogens is 1. The molecule has 1 N–H and O–H groups in total. The Labute approximate surface area is 157 Å². The van der Waals surface area contributed by atoms with Crippen LogP contribution in [0.5, 0.6) is 5.88 Å². The first kappa shape index (κ1) is 18.2. The van der Waals surface area contributed by atoms with Gasteiger partial charge in [-0.05, 0) is 30.0 Å². The van der Waals surface area contributed by atoms with E-state index in [1.54, 1.807) is 4.90 Å². The number of likely N-dealkylation sites (tertiary alicyclic amines) is 1. The zero-order valence-corrected chi connectivity index (χ0v) is 15.5. The molecule has 1 aromatic heterocycles. The Morgan fingerprint density at radius 1 is 1.38 bits per heavy atom. The molecule has 1 aromatic carbocycles. The van der Waals surface area contributed by atoms with Gasteiger partial charge in [-0.15, -0.1) is 0 Å². The smallest absolute Gasteiger partial charge is 0.323 e. The minimum Gasteiger partial charge on any atom is -0.480 e. The van der Waals surface area contributed by atoms with Crippen LogP contribution in [-0.4, -0.2) is 41.1 Å². The van der Waals surface area contributed by atoms with Gasteiger partial charge in [0.05, 0.1) is 19.5 Å². The zero-order valence-electron chi connectivity index (χ0n) is 14.8. The van der Waals surface area contributed by atoms with Crippen LogP contribution in [0.4, 0.5) is 10.6 Å². The summed E-state index contributed by atoms with van der Waals surface area (Å²) in [6, 6.07) is 7.62. The number of nitrogens with one attached hydrogen (secondary N) is 1. The third kappa shape index (κ3) is 4.52. The van der Waals surface area contributed by atoms with Crippen LogP contribution < -0.4 is 10.1 Å². The molecule has 0 spiro atoms. The maximum Gasteiger partial charge on any atom is 0.323 e. The summed E-state index contributed by atoms with van der Waals surface area (Å²) in [6.45, 7) is 3.44. The van der Waals surface area contributed by atoms with Crippen molar-refractivity contribution in [3.8, 4) is 5.88 Å². The van der Waals surface area contributed by atoms with Crippen molar-refractivity contribution in [1.82, 2.24) is 14.9 Å². The highest BCUT2D eigenvalue weighted by Gasteiger charge is 2.24. The van der Waals surface area contributed by atoms with Crippen LogP contribution >= 0.6 is 11.6 Å². The van der Waals surface area contributed by atoms with Crippen molar-refractivity contribution in [3.05, 3.63) is 52.8 Å². The first-order valence-electron chi connectivity index (χ1n) is 8.43. The summed E-state index contributed by atoms with van der Waals surface area (Å²) in [4.78, 5) is 22.4. The second kappa shape index (κ2) is 8.19. The molecule has 136 valence electrons. The predicted octanol–water partition coefficient (Wildman–Crippen LogP) is 4.10. The number of piperidine rings is 1. The largest absolute Gasteiger partial charge is 0.480 e. The topological polar surface area (TPSA) is 67.3 Å². The molecule has 3 rings (SSSR count). The Morgan fingerprint density at radius 2 is 2.23 bits per heavy atom. The lowest BCUT2D eigenvalue weighted by Gasteiger charge is -2.33. The number of aromatic nitrogens is 2. The molecule has 2 heterocycles. The van der Waals surface area contributed by atoms with Gasteiger partial charge in [-0.25, -0.2) is 14.8 Å². The highest BCUT2D eigenvalue weighted by atomic mass is 35.5. The molecule has 2 aromatic rings. The molecule has 2 amide bonds. The summed E-state index contributed by atoms with van der Waals surface area (Å²) >= 11 is 6.05. The minimum absolute atomic E-state index is 0.168. The first-order chi connectivity index (χ1) is 12.5. The molecule has 1 aliphatic rings. The fraction of sp³-hybridized carbons (Fsp3) is 0.316. The number of hydrogen-bond donors (Lipinski definition) is 1. The molecule has 1 saturated heterocycles. The number of rotatable bonds is 3. The van der Waals surface area contributed by atoms with Gasteiger partial charge in [-0.2, -0.15) is 0 Å². The number of nitrogens with zero attached hydrogens (tertiary/aromatic N) is 3. The fourth-order valence-electron chi connectivity index (χ4n) is 2.93. The van der Waals surface area contributed by atoms with Crippen LogP contribution in [0.15, 0.2) is 42.2 Å². The van der Waals surface area contributed by atoms with Crippen LogP contribution in [0.3, 0.4) is 0 Å². The van der Waals surface area contributed by atoms with Gasteiger partial charge in [0.25, 0.3) is 0 Å². The molecule has 0 radical (unpaired) electrons. The van der Waals surface area contributed by atoms with Crippen LogP contribution in [0, 0.1) is 5.92 Å². The molecule has 1 unspecified atom stereocenters. The third-order valence-corrected chi connectivity index (χ3v) is 4.59. The molecule has 0 bridgehead atoms. The summed E-state index contributed by atoms with van der Waals surface area (Å²) in [5, 5.41) is 3.50. The van der Waals surface area contributed by atoms with Gasteiger partial charge in [0, 0.05) is 18.1 Å². The van der Waals surface area contributed by atoms with Gasteiger partial charge in [0.2, 0.25) is 5.88 Å². The molecule has 7 heteroatoms. The number of benzene rings is 1. The van der Waals surface area contributed by atoms with E-state index in [2.05, 4.69) is 28.3 Å². The Balaban J connectivity index is 1.61. The first-order valence-corrected chi connectivity index (χ1v) is 8.81. The van der Waals surface area contributed by atoms with Crippen molar-refractivity contribution in [1.29, 1.82) is 0 Å². The summed E-state index contributed by atoms with van der Waals surface area (Å²) in [5.74, 6) is 1.09. The normalized spacial score (nSPS) is 18.7. The third-order valence-electron chi connectivity index (χ3n) is 4.36. The van der Waals surface area contributed by atoms with Crippen molar-refractivity contribution in [2.24, 2.45) is 5.92 Å². The fourth-order valence-corrected chi connectivity index (χ4v) is 3.13. The number of ether oxygens (including phenoxy) is 1. The second-order valence-electron chi connectivity index (χ2n) is 6.25. The zero-order chi connectivity index (χ0) is 18.5. The summed E-state index contributed by atoms with van der Waals surface area (Å²) in [7, 11) is 1.52. The molecule has 0 aliphatic carbocycles. The Kier molecular flexibility index (Phi) is 5.73. The van der Waals surface area contributed by atoms with E-state index in [0.29, 0.717) is 24.8 Å². The van der Waals surface area contributed by atoms with E-state index in [4.69, 9.17) is 16.3 Å². The van der Waals surface area contributed by atoms with E-state index in [1.807, 2.05) is 24.3 Å². The van der Waals surface area contributed by atoms with Crippen LogP contribution in [0.2, 0.25) is 5.02 Å². The maximum absolute atomic E-state index is 12.5. The SMILES string of the molecule is COc1cnc(NC(=O)N2CC/C(=C\c3cccc(Cl)c3)C(C)C2)cn1. The second-order valence-corrected chi connectivity index (χ2v) is 6.68.